The van der Waals surface area contributed by atoms with Crippen molar-refractivity contribution in [3.63, 3.8) is 0 Å². The predicted octanol–water partition coefficient (Wildman–Crippen LogP) is 13.3. The number of hydrogen-bond donors (Lipinski definition) is 0. The summed E-state index contributed by atoms with van der Waals surface area (Å²) < 4.78 is 5.09. The quantitative estimate of drug-likeness (QED) is 0.186. The molecule has 0 saturated heterocycles. The van der Waals surface area contributed by atoms with Gasteiger partial charge in [0.05, 0.1) is 22.2 Å². The summed E-state index contributed by atoms with van der Waals surface area (Å²) in [6.07, 6.45) is 0. The summed E-state index contributed by atoms with van der Waals surface area (Å²) in [7, 11) is 0. The lowest BCUT2D eigenvalue weighted by Crippen LogP contribution is -1.96. The molecule has 0 bridgehead atoms. The fourth-order valence-corrected chi connectivity index (χ4v) is 9.69. The molecule has 4 heteroatoms. The first-order chi connectivity index (χ1) is 25.7. The summed E-state index contributed by atoms with van der Waals surface area (Å²) in [6.45, 7) is 0. The van der Waals surface area contributed by atoms with Gasteiger partial charge in [-0.1, -0.05) is 109 Å². The van der Waals surface area contributed by atoms with Crippen LogP contribution in [0.5, 0.6) is 0 Å². The van der Waals surface area contributed by atoms with Gasteiger partial charge in [-0.25, -0.2) is 9.97 Å². The minimum atomic E-state index is 0.730. The summed E-state index contributed by atoms with van der Waals surface area (Å²) in [5, 5.41) is 13.8. The van der Waals surface area contributed by atoms with Crippen molar-refractivity contribution in [1.82, 2.24) is 14.5 Å². The van der Waals surface area contributed by atoms with Crippen LogP contribution in [0.4, 0.5) is 0 Å². The molecule has 0 spiro atoms. The van der Waals surface area contributed by atoms with E-state index in [2.05, 4.69) is 168 Å². The monoisotopic (exact) mass is 677 g/mol. The number of aromatic nitrogens is 3. The highest BCUT2D eigenvalue weighted by Crippen LogP contribution is 2.46. The smallest absolute Gasteiger partial charge is 0.160 e. The van der Waals surface area contributed by atoms with Gasteiger partial charge in [0, 0.05) is 53.1 Å². The largest absolute Gasteiger partial charge is 0.309 e. The predicted molar refractivity (Wildman–Crippen MR) is 221 cm³/mol. The number of para-hydroxylation sites is 1. The molecule has 0 radical (unpaired) electrons. The molecule has 12 aromatic rings. The summed E-state index contributed by atoms with van der Waals surface area (Å²) in [5.74, 6) is 0.730. The van der Waals surface area contributed by atoms with E-state index in [1.165, 1.54) is 68.9 Å². The van der Waals surface area contributed by atoms with E-state index in [1.54, 1.807) is 0 Å². The molecule has 0 aliphatic rings. The van der Waals surface area contributed by atoms with Crippen molar-refractivity contribution in [3.05, 3.63) is 164 Å². The Bertz CT molecular complexity index is 3320. The van der Waals surface area contributed by atoms with Gasteiger partial charge < -0.3 is 4.57 Å². The lowest BCUT2D eigenvalue weighted by atomic mass is 10.00. The van der Waals surface area contributed by atoms with Crippen molar-refractivity contribution >= 4 is 96.5 Å². The van der Waals surface area contributed by atoms with Crippen molar-refractivity contribution < 1.29 is 0 Å². The van der Waals surface area contributed by atoms with Crippen molar-refractivity contribution in [1.29, 1.82) is 0 Å². The van der Waals surface area contributed by atoms with Gasteiger partial charge in [0.2, 0.25) is 0 Å². The Kier molecular flexibility index (Phi) is 5.65. The van der Waals surface area contributed by atoms with Gasteiger partial charge in [-0.2, -0.15) is 0 Å². The molecular weight excluding hydrogens is 651 g/mol. The number of benzene rings is 9. The maximum Gasteiger partial charge on any atom is 0.160 e. The molecule has 3 nitrogen and oxygen atoms in total. The molecule has 9 aromatic carbocycles. The SMILES string of the molecule is c1ccc2cc(-c3nc(-c4ccc5cc(-n6c7ccc8cccc9sc%10cccc%11ccc6c(c%11%10)c7c89)ccc5c4)nc4ccccc34)ccc2c1. The molecule has 12 rings (SSSR count). The van der Waals surface area contributed by atoms with Crippen LogP contribution in [0.1, 0.15) is 0 Å². The van der Waals surface area contributed by atoms with Gasteiger partial charge in [0.1, 0.15) is 0 Å². The van der Waals surface area contributed by atoms with E-state index in [4.69, 9.17) is 9.97 Å². The van der Waals surface area contributed by atoms with E-state index >= 15 is 0 Å². The van der Waals surface area contributed by atoms with E-state index < -0.39 is 0 Å². The first-order valence-corrected chi connectivity index (χ1v) is 18.5. The lowest BCUT2D eigenvalue weighted by Gasteiger charge is -2.12. The minimum absolute atomic E-state index is 0.730. The molecule has 0 saturated carbocycles. The number of hydrogen-bond acceptors (Lipinski definition) is 3. The highest BCUT2D eigenvalue weighted by molar-refractivity contribution is 7.24. The third-order valence-electron chi connectivity index (χ3n) is 10.9. The second-order valence-electron chi connectivity index (χ2n) is 13.8. The summed E-state index contributed by atoms with van der Waals surface area (Å²) in [6, 6.07) is 59.4. The Balaban J connectivity index is 1.04. The molecule has 0 atom stereocenters. The van der Waals surface area contributed by atoms with Crippen LogP contribution in [0.3, 0.4) is 0 Å². The Morgan fingerprint density at radius 1 is 0.404 bits per heavy atom. The van der Waals surface area contributed by atoms with E-state index in [0.717, 1.165) is 44.6 Å². The maximum absolute atomic E-state index is 5.23. The molecule has 52 heavy (non-hydrogen) atoms. The Morgan fingerprint density at radius 2 is 0.981 bits per heavy atom. The normalized spacial score (nSPS) is 12.2. The van der Waals surface area contributed by atoms with Crippen LogP contribution in [0.25, 0.3) is 114 Å². The van der Waals surface area contributed by atoms with E-state index in [9.17, 15) is 0 Å². The average molecular weight is 678 g/mol. The molecule has 0 amide bonds. The van der Waals surface area contributed by atoms with Gasteiger partial charge in [-0.3, -0.25) is 0 Å². The third-order valence-corrected chi connectivity index (χ3v) is 12.0. The lowest BCUT2D eigenvalue weighted by molar-refractivity contribution is 1.19. The molecule has 0 unspecified atom stereocenters. The highest BCUT2D eigenvalue weighted by Gasteiger charge is 2.21. The van der Waals surface area contributed by atoms with Crippen LogP contribution in [0.2, 0.25) is 0 Å². The first kappa shape index (κ1) is 28.1. The van der Waals surface area contributed by atoms with E-state index in [0.29, 0.717) is 0 Å². The van der Waals surface area contributed by atoms with E-state index in [-0.39, 0.29) is 0 Å². The van der Waals surface area contributed by atoms with Gasteiger partial charge in [0.15, 0.2) is 5.82 Å². The third kappa shape index (κ3) is 3.95. The van der Waals surface area contributed by atoms with Crippen molar-refractivity contribution in [3.8, 4) is 28.3 Å². The van der Waals surface area contributed by atoms with Crippen molar-refractivity contribution in [2.75, 3.05) is 0 Å². The highest BCUT2D eigenvalue weighted by atomic mass is 32.1. The average Bonchev–Trinajstić information content (AvgIpc) is 3.46. The Hall–Kier alpha value is -6.62. The van der Waals surface area contributed by atoms with E-state index in [1.807, 2.05) is 11.3 Å². The standard InChI is InChI=1S/C48H27N3S/c1-2-8-31-25-34(17-15-28(31)7-1)47-37-11-3-4-12-38(37)49-48(50-47)35-18-16-33-27-36(22-19-32(33)26-35)51-39-23-20-29-9-5-13-41-43(29)45(39)46-40(51)24-21-30-10-6-14-42(52-41)44(30)46/h1-27H. The summed E-state index contributed by atoms with van der Waals surface area (Å²) in [5.41, 5.74) is 7.61. The van der Waals surface area contributed by atoms with Crippen molar-refractivity contribution in [2.45, 2.75) is 0 Å². The van der Waals surface area contributed by atoms with Crippen LogP contribution in [-0.4, -0.2) is 14.5 Å². The summed E-state index contributed by atoms with van der Waals surface area (Å²) in [4.78, 5) is 10.3. The number of nitrogens with zero attached hydrogens (tertiary/aromatic N) is 3. The Morgan fingerprint density at radius 3 is 1.77 bits per heavy atom. The minimum Gasteiger partial charge on any atom is -0.309 e. The molecule has 0 N–H and O–H groups in total. The fourth-order valence-electron chi connectivity index (χ4n) is 8.52. The van der Waals surface area contributed by atoms with Gasteiger partial charge in [-0.15, -0.1) is 11.3 Å². The summed E-state index contributed by atoms with van der Waals surface area (Å²) >= 11 is 1.89. The zero-order valence-corrected chi connectivity index (χ0v) is 28.7. The molecule has 0 fully saturated rings. The number of fused-ring (bicyclic) bond motifs is 3. The molecule has 240 valence electrons. The topological polar surface area (TPSA) is 30.7 Å². The van der Waals surface area contributed by atoms with Crippen LogP contribution in [-0.2, 0) is 0 Å². The molecular formula is C48H27N3S. The molecule has 0 aliphatic heterocycles. The van der Waals surface area contributed by atoms with Gasteiger partial charge in [-0.05, 0) is 86.9 Å². The second-order valence-corrected chi connectivity index (χ2v) is 14.9. The zero-order chi connectivity index (χ0) is 33.9. The molecule has 3 aromatic heterocycles. The first-order valence-electron chi connectivity index (χ1n) is 17.7. The van der Waals surface area contributed by atoms with Gasteiger partial charge >= 0.3 is 0 Å². The maximum atomic E-state index is 5.23. The van der Waals surface area contributed by atoms with Gasteiger partial charge in [0.25, 0.3) is 0 Å². The Labute approximate surface area is 302 Å². The van der Waals surface area contributed by atoms with Crippen LogP contribution < -0.4 is 0 Å². The molecule has 0 aliphatic carbocycles. The van der Waals surface area contributed by atoms with Crippen molar-refractivity contribution in [2.24, 2.45) is 0 Å². The van der Waals surface area contributed by atoms with Crippen LogP contribution in [0.15, 0.2) is 164 Å². The fraction of sp³-hybridized carbons (Fsp3) is 0. The second kappa shape index (κ2) is 10.5. The number of rotatable bonds is 3. The molecule has 3 heterocycles. The van der Waals surface area contributed by atoms with Crippen LogP contribution in [0, 0.1) is 0 Å². The van der Waals surface area contributed by atoms with Crippen LogP contribution >= 0.6 is 11.3 Å². The zero-order valence-electron chi connectivity index (χ0n) is 27.8.